The molecule has 0 spiro atoms. The highest BCUT2D eigenvalue weighted by molar-refractivity contribution is 7.80. The fourth-order valence-corrected chi connectivity index (χ4v) is 3.08. The minimum absolute atomic E-state index is 0.193. The van der Waals surface area contributed by atoms with E-state index in [-0.39, 0.29) is 5.54 Å². The van der Waals surface area contributed by atoms with Gasteiger partial charge in [0, 0.05) is 19.1 Å². The van der Waals surface area contributed by atoms with E-state index >= 15 is 0 Å². The third kappa shape index (κ3) is 2.63. The van der Waals surface area contributed by atoms with Crippen LogP contribution in [0, 0.1) is 0 Å². The van der Waals surface area contributed by atoms with Crippen LogP contribution in [0.5, 0.6) is 0 Å². The van der Waals surface area contributed by atoms with Crippen LogP contribution in [-0.2, 0) is 0 Å². The second-order valence-corrected chi connectivity index (χ2v) is 5.70. The summed E-state index contributed by atoms with van der Waals surface area (Å²) in [5.74, 6) is 0. The average Bonchev–Trinajstić information content (AvgIpc) is 2.32. The fraction of sp³-hybridized carbons (Fsp3) is 0.917. The van der Waals surface area contributed by atoms with Crippen molar-refractivity contribution in [1.29, 1.82) is 0 Å². The van der Waals surface area contributed by atoms with Crippen molar-refractivity contribution in [2.24, 2.45) is 0 Å². The summed E-state index contributed by atoms with van der Waals surface area (Å²) in [5, 5.41) is 1.04. The molecule has 0 atom stereocenters. The highest BCUT2D eigenvalue weighted by atomic mass is 32.1. The van der Waals surface area contributed by atoms with E-state index < -0.39 is 0 Å². The third-order valence-electron chi connectivity index (χ3n) is 3.00. The molecule has 0 aliphatic carbocycles. The predicted octanol–water partition coefficient (Wildman–Crippen LogP) is 2.88. The van der Waals surface area contributed by atoms with E-state index in [0.29, 0.717) is 6.04 Å². The second-order valence-electron chi connectivity index (χ2n) is 5.33. The Labute approximate surface area is 99.6 Å². The van der Waals surface area contributed by atoms with Crippen molar-refractivity contribution in [3.8, 4) is 0 Å². The van der Waals surface area contributed by atoms with Crippen LogP contribution in [-0.4, -0.2) is 39.6 Å². The zero-order chi connectivity index (χ0) is 11.6. The Kier molecular flexibility index (Phi) is 3.99. The molecule has 2 nitrogen and oxygen atoms in total. The Balaban J connectivity index is 2.71. The van der Waals surface area contributed by atoms with E-state index in [1.54, 1.807) is 0 Å². The SMILES string of the molecule is CCCCN1CC(C)(C)N(C(C)C)C1=S. The lowest BCUT2D eigenvalue weighted by atomic mass is 10.0. The van der Waals surface area contributed by atoms with Crippen LogP contribution in [0.3, 0.4) is 0 Å². The van der Waals surface area contributed by atoms with E-state index in [1.807, 2.05) is 0 Å². The highest BCUT2D eigenvalue weighted by Crippen LogP contribution is 2.28. The molecule has 0 aromatic rings. The maximum atomic E-state index is 5.55. The van der Waals surface area contributed by atoms with Crippen molar-refractivity contribution in [3.63, 3.8) is 0 Å². The summed E-state index contributed by atoms with van der Waals surface area (Å²) in [7, 11) is 0. The van der Waals surface area contributed by atoms with E-state index in [9.17, 15) is 0 Å². The van der Waals surface area contributed by atoms with Crippen LogP contribution >= 0.6 is 12.2 Å². The smallest absolute Gasteiger partial charge is 0.172 e. The summed E-state index contributed by atoms with van der Waals surface area (Å²) < 4.78 is 0. The maximum absolute atomic E-state index is 5.55. The Morgan fingerprint density at radius 3 is 2.40 bits per heavy atom. The quantitative estimate of drug-likeness (QED) is 0.683. The Morgan fingerprint density at radius 2 is 2.00 bits per heavy atom. The van der Waals surface area contributed by atoms with Gasteiger partial charge in [0.2, 0.25) is 0 Å². The zero-order valence-corrected chi connectivity index (χ0v) is 11.5. The molecular formula is C12H24N2S. The first kappa shape index (κ1) is 12.8. The van der Waals surface area contributed by atoms with Crippen molar-refractivity contribution < 1.29 is 0 Å². The van der Waals surface area contributed by atoms with Crippen molar-refractivity contribution in [1.82, 2.24) is 9.80 Å². The van der Waals surface area contributed by atoms with Crippen molar-refractivity contribution in [2.45, 2.75) is 59.0 Å². The van der Waals surface area contributed by atoms with Gasteiger partial charge in [-0.05, 0) is 46.3 Å². The third-order valence-corrected chi connectivity index (χ3v) is 3.46. The number of thiocarbonyl (C=S) groups is 1. The first-order chi connectivity index (χ1) is 6.90. The lowest BCUT2D eigenvalue weighted by molar-refractivity contribution is 0.207. The number of rotatable bonds is 4. The Bertz CT molecular complexity index is 236. The molecule has 0 amide bonds. The Hall–Kier alpha value is -0.310. The van der Waals surface area contributed by atoms with Gasteiger partial charge in [-0.2, -0.15) is 0 Å². The minimum atomic E-state index is 0.193. The van der Waals surface area contributed by atoms with Gasteiger partial charge in [0.15, 0.2) is 5.11 Å². The lowest BCUT2D eigenvalue weighted by Crippen LogP contribution is -2.46. The molecule has 88 valence electrons. The van der Waals surface area contributed by atoms with Crippen molar-refractivity contribution >= 4 is 17.3 Å². The molecule has 0 N–H and O–H groups in total. The van der Waals surface area contributed by atoms with Crippen LogP contribution in [0.25, 0.3) is 0 Å². The van der Waals surface area contributed by atoms with Gasteiger partial charge >= 0.3 is 0 Å². The molecule has 1 fully saturated rings. The molecule has 1 saturated heterocycles. The number of unbranched alkanes of at least 4 members (excludes halogenated alkanes) is 1. The molecule has 0 aromatic carbocycles. The molecule has 0 bridgehead atoms. The van der Waals surface area contributed by atoms with Gasteiger partial charge in [0.25, 0.3) is 0 Å². The summed E-state index contributed by atoms with van der Waals surface area (Å²) in [5.41, 5.74) is 0.193. The molecule has 3 heteroatoms. The number of nitrogens with zero attached hydrogens (tertiary/aromatic N) is 2. The standard InChI is InChI=1S/C12H24N2S/c1-6-7-8-13-9-12(4,5)14(10(2)3)11(13)15/h10H,6-9H2,1-5H3. The molecule has 1 aliphatic rings. The maximum Gasteiger partial charge on any atom is 0.172 e. The van der Waals surface area contributed by atoms with Crippen LogP contribution < -0.4 is 0 Å². The van der Waals surface area contributed by atoms with Crippen LogP contribution in [0.15, 0.2) is 0 Å². The van der Waals surface area contributed by atoms with Gasteiger partial charge < -0.3 is 9.80 Å². The topological polar surface area (TPSA) is 6.48 Å². The zero-order valence-electron chi connectivity index (χ0n) is 10.7. The average molecular weight is 228 g/mol. The summed E-state index contributed by atoms with van der Waals surface area (Å²) in [6, 6.07) is 0.499. The van der Waals surface area contributed by atoms with Crippen molar-refractivity contribution in [3.05, 3.63) is 0 Å². The molecule has 15 heavy (non-hydrogen) atoms. The van der Waals surface area contributed by atoms with Gasteiger partial charge in [0.1, 0.15) is 0 Å². The summed E-state index contributed by atoms with van der Waals surface area (Å²) in [6.07, 6.45) is 2.48. The molecule has 0 radical (unpaired) electrons. The first-order valence-corrected chi connectivity index (χ1v) is 6.39. The number of hydrogen-bond donors (Lipinski definition) is 0. The fourth-order valence-electron chi connectivity index (χ4n) is 2.47. The van der Waals surface area contributed by atoms with Gasteiger partial charge in [-0.1, -0.05) is 13.3 Å². The molecule has 0 unspecified atom stereocenters. The van der Waals surface area contributed by atoms with Gasteiger partial charge in [-0.3, -0.25) is 0 Å². The summed E-state index contributed by atoms with van der Waals surface area (Å²) >= 11 is 5.55. The van der Waals surface area contributed by atoms with Crippen molar-refractivity contribution in [2.75, 3.05) is 13.1 Å². The first-order valence-electron chi connectivity index (χ1n) is 5.98. The van der Waals surface area contributed by atoms with Gasteiger partial charge in [-0.25, -0.2) is 0 Å². The molecular weight excluding hydrogens is 204 g/mol. The summed E-state index contributed by atoms with van der Waals surface area (Å²) in [4.78, 5) is 4.73. The lowest BCUT2D eigenvalue weighted by Gasteiger charge is -2.34. The monoisotopic (exact) mass is 228 g/mol. The van der Waals surface area contributed by atoms with E-state index in [0.717, 1.165) is 18.2 Å². The summed E-state index contributed by atoms with van der Waals surface area (Å²) in [6.45, 7) is 13.4. The second kappa shape index (κ2) is 4.69. The van der Waals surface area contributed by atoms with E-state index in [4.69, 9.17) is 12.2 Å². The number of hydrogen-bond acceptors (Lipinski definition) is 1. The predicted molar refractivity (Wildman–Crippen MR) is 70.1 cm³/mol. The van der Waals surface area contributed by atoms with Crippen LogP contribution in [0.1, 0.15) is 47.5 Å². The van der Waals surface area contributed by atoms with Crippen LogP contribution in [0.2, 0.25) is 0 Å². The van der Waals surface area contributed by atoms with E-state index in [1.165, 1.54) is 12.8 Å². The van der Waals surface area contributed by atoms with Gasteiger partial charge in [-0.15, -0.1) is 0 Å². The highest BCUT2D eigenvalue weighted by Gasteiger charge is 2.41. The minimum Gasteiger partial charge on any atom is -0.347 e. The normalized spacial score (nSPS) is 20.5. The van der Waals surface area contributed by atoms with Crippen LogP contribution in [0.4, 0.5) is 0 Å². The Morgan fingerprint density at radius 1 is 1.40 bits per heavy atom. The van der Waals surface area contributed by atoms with E-state index in [2.05, 4.69) is 44.4 Å². The molecule has 1 heterocycles. The molecule has 0 aromatic heterocycles. The molecule has 0 saturated carbocycles. The largest absolute Gasteiger partial charge is 0.347 e. The molecule has 1 aliphatic heterocycles. The molecule has 1 rings (SSSR count). The van der Waals surface area contributed by atoms with Gasteiger partial charge in [0.05, 0.1) is 5.54 Å².